The van der Waals surface area contributed by atoms with Crippen LogP contribution in [-0.2, 0) is 14.4 Å². The van der Waals surface area contributed by atoms with E-state index in [2.05, 4.69) is 11.5 Å². The van der Waals surface area contributed by atoms with Crippen molar-refractivity contribution in [3.63, 3.8) is 0 Å². The Morgan fingerprint density at radius 1 is 0.909 bits per heavy atom. The Labute approximate surface area is 128 Å². The van der Waals surface area contributed by atoms with Crippen LogP contribution in [0.15, 0.2) is 30.3 Å². The predicted molar refractivity (Wildman–Crippen MR) is 80.5 cm³/mol. The number of nitrogens with two attached hydrogens (primary N) is 2. The van der Waals surface area contributed by atoms with Gasteiger partial charge in [-0.3, -0.25) is 14.4 Å². The number of hydrogen-bond donors (Lipinski definition) is 5. The minimum Gasteiger partial charge on any atom is -0.481 e. The van der Waals surface area contributed by atoms with Crippen LogP contribution < -0.4 is 11.5 Å². The SMILES string of the molecule is CC(CC(=O)O)c1ccccc1.NCC(=O)O.NCC(=O)O. The van der Waals surface area contributed by atoms with Crippen molar-refractivity contribution in [2.24, 2.45) is 11.5 Å². The van der Waals surface area contributed by atoms with Gasteiger partial charge in [-0.2, -0.15) is 0 Å². The fourth-order valence-electron chi connectivity index (χ4n) is 1.16. The molecule has 0 fully saturated rings. The lowest BCUT2D eigenvalue weighted by atomic mass is 9.98. The van der Waals surface area contributed by atoms with E-state index in [0.717, 1.165) is 5.56 Å². The molecule has 0 aliphatic carbocycles. The van der Waals surface area contributed by atoms with Crippen LogP contribution in [-0.4, -0.2) is 46.3 Å². The predicted octanol–water partition coefficient (Wildman–Crippen LogP) is 0.324. The zero-order valence-electron chi connectivity index (χ0n) is 12.3. The number of benzene rings is 1. The van der Waals surface area contributed by atoms with Crippen molar-refractivity contribution in [1.29, 1.82) is 0 Å². The van der Waals surface area contributed by atoms with Crippen LogP contribution in [0, 0.1) is 0 Å². The lowest BCUT2D eigenvalue weighted by Crippen LogP contribution is -2.10. The number of carbonyl (C=O) groups is 3. The van der Waals surface area contributed by atoms with Crippen LogP contribution in [0.3, 0.4) is 0 Å². The summed E-state index contributed by atoms with van der Waals surface area (Å²) >= 11 is 0. The van der Waals surface area contributed by atoms with Gasteiger partial charge in [-0.1, -0.05) is 37.3 Å². The molecular weight excluding hydrogens is 292 g/mol. The molecule has 8 nitrogen and oxygen atoms in total. The highest BCUT2D eigenvalue weighted by atomic mass is 16.4. The van der Waals surface area contributed by atoms with Gasteiger partial charge in [0.15, 0.2) is 0 Å². The molecule has 0 saturated carbocycles. The van der Waals surface area contributed by atoms with E-state index in [1.54, 1.807) is 0 Å². The maximum atomic E-state index is 10.4. The zero-order chi connectivity index (χ0) is 17.5. The molecule has 0 spiro atoms. The number of hydrogen-bond acceptors (Lipinski definition) is 5. The minimum atomic E-state index is -0.968. The average Bonchev–Trinajstić information content (AvgIpc) is 2.48. The van der Waals surface area contributed by atoms with Gasteiger partial charge in [0.05, 0.1) is 19.5 Å². The van der Waals surface area contributed by atoms with Gasteiger partial charge in [0.2, 0.25) is 0 Å². The van der Waals surface area contributed by atoms with Crippen molar-refractivity contribution in [2.75, 3.05) is 13.1 Å². The van der Waals surface area contributed by atoms with E-state index < -0.39 is 17.9 Å². The first-order valence-electron chi connectivity index (χ1n) is 6.35. The van der Waals surface area contributed by atoms with E-state index in [-0.39, 0.29) is 25.4 Å². The van der Waals surface area contributed by atoms with Crippen molar-refractivity contribution >= 4 is 17.9 Å². The summed E-state index contributed by atoms with van der Waals surface area (Å²) in [6.07, 6.45) is 0.198. The third-order valence-electron chi connectivity index (χ3n) is 2.20. The molecule has 7 N–H and O–H groups in total. The van der Waals surface area contributed by atoms with Crippen LogP contribution in [0.25, 0.3) is 0 Å². The van der Waals surface area contributed by atoms with Crippen LogP contribution in [0.2, 0.25) is 0 Å². The first-order chi connectivity index (χ1) is 10.2. The Morgan fingerprint density at radius 2 is 1.27 bits per heavy atom. The van der Waals surface area contributed by atoms with Crippen LogP contribution in [0.1, 0.15) is 24.8 Å². The third kappa shape index (κ3) is 15.6. The lowest BCUT2D eigenvalue weighted by molar-refractivity contribution is -0.137. The van der Waals surface area contributed by atoms with Gasteiger partial charge in [0.25, 0.3) is 0 Å². The molecule has 1 aromatic rings. The summed E-state index contributed by atoms with van der Waals surface area (Å²) < 4.78 is 0. The molecule has 124 valence electrons. The number of rotatable bonds is 5. The molecule has 1 unspecified atom stereocenters. The largest absolute Gasteiger partial charge is 0.481 e. The van der Waals surface area contributed by atoms with Crippen LogP contribution in [0.4, 0.5) is 0 Å². The second kappa shape index (κ2) is 13.5. The van der Waals surface area contributed by atoms with Gasteiger partial charge < -0.3 is 26.8 Å². The van der Waals surface area contributed by atoms with Crippen molar-refractivity contribution in [3.8, 4) is 0 Å². The number of carboxylic acids is 3. The molecule has 1 rings (SSSR count). The molecular formula is C14H22N2O6. The van der Waals surface area contributed by atoms with E-state index in [4.69, 9.17) is 15.3 Å². The second-order valence-corrected chi connectivity index (χ2v) is 4.11. The highest BCUT2D eigenvalue weighted by Gasteiger charge is 2.08. The molecule has 0 saturated heterocycles. The highest BCUT2D eigenvalue weighted by molar-refractivity contribution is 5.69. The molecule has 0 aliphatic rings. The van der Waals surface area contributed by atoms with Crippen molar-refractivity contribution in [1.82, 2.24) is 0 Å². The summed E-state index contributed by atoms with van der Waals surface area (Å²) in [5, 5.41) is 23.7. The second-order valence-electron chi connectivity index (χ2n) is 4.11. The van der Waals surface area contributed by atoms with Crippen molar-refractivity contribution in [2.45, 2.75) is 19.3 Å². The van der Waals surface area contributed by atoms with Crippen LogP contribution >= 0.6 is 0 Å². The van der Waals surface area contributed by atoms with Gasteiger partial charge in [-0.05, 0) is 11.5 Å². The molecule has 0 aliphatic heterocycles. The number of carboxylic acid groups (broad SMARTS) is 3. The highest BCUT2D eigenvalue weighted by Crippen LogP contribution is 2.17. The lowest BCUT2D eigenvalue weighted by Gasteiger charge is -2.07. The Morgan fingerprint density at radius 3 is 1.55 bits per heavy atom. The maximum absolute atomic E-state index is 10.4. The monoisotopic (exact) mass is 314 g/mol. The first kappa shape index (κ1) is 21.8. The van der Waals surface area contributed by atoms with Crippen LogP contribution in [0.5, 0.6) is 0 Å². The molecule has 0 aromatic heterocycles. The van der Waals surface area contributed by atoms with E-state index >= 15 is 0 Å². The molecule has 1 aromatic carbocycles. The first-order valence-corrected chi connectivity index (χ1v) is 6.35. The van der Waals surface area contributed by atoms with Crippen molar-refractivity contribution < 1.29 is 29.7 Å². The average molecular weight is 314 g/mol. The molecule has 0 heterocycles. The van der Waals surface area contributed by atoms with E-state index in [1.807, 2.05) is 37.3 Å². The van der Waals surface area contributed by atoms with E-state index in [9.17, 15) is 14.4 Å². The number of aliphatic carboxylic acids is 3. The van der Waals surface area contributed by atoms with Crippen molar-refractivity contribution in [3.05, 3.63) is 35.9 Å². The summed E-state index contributed by atoms with van der Waals surface area (Å²) in [6.45, 7) is 1.36. The Balaban J connectivity index is 0. The molecule has 8 heteroatoms. The third-order valence-corrected chi connectivity index (χ3v) is 2.20. The van der Waals surface area contributed by atoms with Gasteiger partial charge in [0, 0.05) is 0 Å². The fraction of sp³-hybridized carbons (Fsp3) is 0.357. The normalized spacial score (nSPS) is 10.1. The molecule has 0 amide bonds. The summed E-state index contributed by atoms with van der Waals surface area (Å²) in [7, 11) is 0. The Kier molecular flexibility index (Phi) is 13.4. The molecule has 0 bridgehead atoms. The summed E-state index contributed by atoms with van der Waals surface area (Å²) in [6, 6.07) is 9.68. The summed E-state index contributed by atoms with van der Waals surface area (Å²) in [5.41, 5.74) is 10.2. The molecule has 0 radical (unpaired) electrons. The molecule has 1 atom stereocenters. The minimum absolute atomic E-state index is 0.101. The van der Waals surface area contributed by atoms with E-state index in [0.29, 0.717) is 0 Å². The summed E-state index contributed by atoms with van der Waals surface area (Å²) in [4.78, 5) is 28.9. The summed E-state index contributed by atoms with van der Waals surface area (Å²) in [5.74, 6) is -2.58. The standard InChI is InChI=1S/C10H12O2.2C2H5NO2/c1-8(7-10(11)12)9-5-3-2-4-6-9;2*3-1-2(4)5/h2-6,8H,7H2,1H3,(H,11,12);2*1,3H2,(H,4,5). The fourth-order valence-corrected chi connectivity index (χ4v) is 1.16. The van der Waals surface area contributed by atoms with Gasteiger partial charge in [-0.25, -0.2) is 0 Å². The zero-order valence-corrected chi connectivity index (χ0v) is 12.3. The maximum Gasteiger partial charge on any atom is 0.317 e. The topological polar surface area (TPSA) is 164 Å². The van der Waals surface area contributed by atoms with Gasteiger partial charge in [0.1, 0.15) is 0 Å². The van der Waals surface area contributed by atoms with E-state index in [1.165, 1.54) is 0 Å². The molecule has 22 heavy (non-hydrogen) atoms. The van der Waals surface area contributed by atoms with Gasteiger partial charge >= 0.3 is 17.9 Å². The Hall–Kier alpha value is -2.45. The quantitative estimate of drug-likeness (QED) is 0.518. The smallest absolute Gasteiger partial charge is 0.317 e. The van der Waals surface area contributed by atoms with Gasteiger partial charge in [-0.15, -0.1) is 0 Å². The Bertz CT molecular complexity index is 436.